The van der Waals surface area contributed by atoms with Crippen LogP contribution in [0.25, 0.3) is 0 Å². The standard InChI is InChI=1S/C19H13ClFN7O3S/c20-15-10-13(4-7-16(15)21)25-18(29)17(11-22)27-26-12-2-5-14(6-3-12)32(30,31)28-19-23-8-1-9-24-19/h1-10,26H,(H,25,29)(H,23,24,28). The van der Waals surface area contributed by atoms with Gasteiger partial charge in [0.05, 0.1) is 15.6 Å². The normalized spacial score (nSPS) is 11.3. The summed E-state index contributed by atoms with van der Waals surface area (Å²) in [7, 11) is -3.91. The largest absolute Gasteiger partial charge is 0.320 e. The number of nitrogens with one attached hydrogen (secondary N) is 3. The molecule has 0 unspecified atom stereocenters. The van der Waals surface area contributed by atoms with Gasteiger partial charge in [0.2, 0.25) is 11.7 Å². The molecule has 0 aliphatic heterocycles. The number of hydrogen-bond donors (Lipinski definition) is 3. The lowest BCUT2D eigenvalue weighted by atomic mass is 10.3. The number of amides is 1. The number of nitrogens with zero attached hydrogens (tertiary/aromatic N) is 4. The molecule has 13 heteroatoms. The molecule has 0 fully saturated rings. The smallest absolute Gasteiger partial charge is 0.287 e. The average molecular weight is 474 g/mol. The summed E-state index contributed by atoms with van der Waals surface area (Å²) in [6, 6.07) is 12.0. The van der Waals surface area contributed by atoms with Gasteiger partial charge in [0.25, 0.3) is 15.9 Å². The van der Waals surface area contributed by atoms with Crippen LogP contribution in [-0.2, 0) is 14.8 Å². The number of benzene rings is 2. The van der Waals surface area contributed by atoms with E-state index in [1.165, 1.54) is 48.8 Å². The van der Waals surface area contributed by atoms with Gasteiger partial charge in [-0.15, -0.1) is 0 Å². The minimum atomic E-state index is -3.91. The van der Waals surface area contributed by atoms with Crippen LogP contribution in [0.3, 0.4) is 0 Å². The van der Waals surface area contributed by atoms with Gasteiger partial charge in [-0.1, -0.05) is 11.6 Å². The fraction of sp³-hybridized carbons (Fsp3) is 0. The second-order valence-electron chi connectivity index (χ2n) is 5.97. The second kappa shape index (κ2) is 9.82. The molecule has 0 aliphatic carbocycles. The first kappa shape index (κ1) is 22.6. The van der Waals surface area contributed by atoms with E-state index in [2.05, 4.69) is 30.5 Å². The Kier molecular flexibility index (Phi) is 6.93. The van der Waals surface area contributed by atoms with Gasteiger partial charge < -0.3 is 5.32 Å². The van der Waals surface area contributed by atoms with E-state index in [0.717, 1.165) is 6.07 Å². The van der Waals surface area contributed by atoms with Crippen molar-refractivity contribution in [3.05, 3.63) is 71.8 Å². The Morgan fingerprint density at radius 2 is 1.75 bits per heavy atom. The average Bonchev–Trinajstić information content (AvgIpc) is 2.77. The molecular weight excluding hydrogens is 461 g/mol. The zero-order valence-corrected chi connectivity index (χ0v) is 17.5. The quantitative estimate of drug-likeness (QED) is 0.352. The van der Waals surface area contributed by atoms with E-state index in [9.17, 15) is 22.9 Å². The van der Waals surface area contributed by atoms with E-state index in [0.29, 0.717) is 5.69 Å². The summed E-state index contributed by atoms with van der Waals surface area (Å²) < 4.78 is 40.2. The summed E-state index contributed by atoms with van der Waals surface area (Å²) in [6.07, 6.45) is 2.78. The molecule has 10 nitrogen and oxygen atoms in total. The van der Waals surface area contributed by atoms with E-state index in [-0.39, 0.29) is 21.6 Å². The van der Waals surface area contributed by atoms with Crippen molar-refractivity contribution in [1.29, 1.82) is 5.26 Å². The number of carbonyl (C=O) groups excluding carboxylic acids is 1. The molecule has 0 saturated heterocycles. The van der Waals surface area contributed by atoms with Crippen molar-refractivity contribution >= 4 is 50.6 Å². The summed E-state index contributed by atoms with van der Waals surface area (Å²) >= 11 is 5.65. The number of halogens is 2. The lowest BCUT2D eigenvalue weighted by molar-refractivity contribution is -0.110. The number of aromatic nitrogens is 2. The summed E-state index contributed by atoms with van der Waals surface area (Å²) in [5, 5.41) is 15.1. The van der Waals surface area contributed by atoms with Gasteiger partial charge in [0.1, 0.15) is 11.9 Å². The zero-order valence-electron chi connectivity index (χ0n) is 16.0. The van der Waals surface area contributed by atoms with Gasteiger partial charge >= 0.3 is 0 Å². The molecule has 3 N–H and O–H groups in total. The highest BCUT2D eigenvalue weighted by Crippen LogP contribution is 2.19. The lowest BCUT2D eigenvalue weighted by Gasteiger charge is -2.07. The van der Waals surface area contributed by atoms with Crippen LogP contribution in [0, 0.1) is 17.1 Å². The maximum Gasteiger partial charge on any atom is 0.287 e. The van der Waals surface area contributed by atoms with Gasteiger partial charge in [-0.2, -0.15) is 10.4 Å². The second-order valence-corrected chi connectivity index (χ2v) is 8.06. The summed E-state index contributed by atoms with van der Waals surface area (Å²) in [5.74, 6) is -1.59. The highest BCUT2D eigenvalue weighted by Gasteiger charge is 2.16. The zero-order chi connectivity index (χ0) is 23.1. The Hall–Kier alpha value is -4.08. The van der Waals surface area contributed by atoms with Crippen molar-refractivity contribution in [2.45, 2.75) is 4.90 Å². The van der Waals surface area contributed by atoms with Crippen molar-refractivity contribution in [3.63, 3.8) is 0 Å². The molecule has 0 atom stereocenters. The third-order valence-corrected chi connectivity index (χ3v) is 5.39. The van der Waals surface area contributed by atoms with Gasteiger partial charge in [0.15, 0.2) is 0 Å². The summed E-state index contributed by atoms with van der Waals surface area (Å²) in [5.41, 5.74) is 2.45. The summed E-state index contributed by atoms with van der Waals surface area (Å²) in [6.45, 7) is 0. The van der Waals surface area contributed by atoms with Gasteiger partial charge in [-0.05, 0) is 48.5 Å². The predicted molar refractivity (Wildman–Crippen MR) is 116 cm³/mol. The Balaban J connectivity index is 1.67. The topological polar surface area (TPSA) is 149 Å². The highest BCUT2D eigenvalue weighted by atomic mass is 35.5. The van der Waals surface area contributed by atoms with Crippen molar-refractivity contribution in [3.8, 4) is 6.07 Å². The van der Waals surface area contributed by atoms with Crippen LogP contribution in [0.5, 0.6) is 0 Å². The molecule has 1 aromatic heterocycles. The molecule has 162 valence electrons. The molecule has 0 aliphatic rings. The molecule has 0 saturated carbocycles. The van der Waals surface area contributed by atoms with Crippen molar-refractivity contribution in [1.82, 2.24) is 9.97 Å². The maximum absolute atomic E-state index is 13.2. The minimum absolute atomic E-state index is 0.0640. The molecule has 0 bridgehead atoms. The van der Waals surface area contributed by atoms with Crippen LogP contribution in [0.15, 0.2) is 70.9 Å². The number of anilines is 3. The van der Waals surface area contributed by atoms with E-state index >= 15 is 0 Å². The van der Waals surface area contributed by atoms with Crippen molar-refractivity contribution in [2.75, 3.05) is 15.5 Å². The fourth-order valence-corrected chi connectivity index (χ4v) is 3.39. The number of sulfonamides is 1. The number of hydrogen-bond acceptors (Lipinski definition) is 8. The Morgan fingerprint density at radius 3 is 2.38 bits per heavy atom. The Morgan fingerprint density at radius 1 is 1.09 bits per heavy atom. The summed E-state index contributed by atoms with van der Waals surface area (Å²) in [4.78, 5) is 19.7. The van der Waals surface area contributed by atoms with Crippen LogP contribution in [-0.4, -0.2) is 30.0 Å². The first-order valence-electron chi connectivity index (χ1n) is 8.68. The van der Waals surface area contributed by atoms with E-state index in [1.54, 1.807) is 12.1 Å². The minimum Gasteiger partial charge on any atom is -0.320 e. The molecular formula is C19H13ClFN7O3S. The SMILES string of the molecule is N#CC(=NNc1ccc(S(=O)(=O)Nc2ncccn2)cc1)C(=O)Nc1ccc(F)c(Cl)c1. The van der Waals surface area contributed by atoms with Crippen LogP contribution in [0.2, 0.25) is 5.02 Å². The van der Waals surface area contributed by atoms with Gasteiger partial charge in [-0.25, -0.2) is 27.5 Å². The van der Waals surface area contributed by atoms with Gasteiger partial charge in [0, 0.05) is 18.1 Å². The van der Waals surface area contributed by atoms with E-state index < -0.39 is 27.5 Å². The third-order valence-electron chi connectivity index (χ3n) is 3.75. The molecule has 3 rings (SSSR count). The number of hydrazone groups is 1. The van der Waals surface area contributed by atoms with E-state index in [1.807, 2.05) is 0 Å². The molecule has 3 aromatic rings. The number of rotatable bonds is 7. The monoisotopic (exact) mass is 473 g/mol. The van der Waals surface area contributed by atoms with Crippen LogP contribution in [0.1, 0.15) is 0 Å². The van der Waals surface area contributed by atoms with Gasteiger partial charge in [-0.3, -0.25) is 10.2 Å². The molecule has 32 heavy (non-hydrogen) atoms. The Labute approximate surface area is 186 Å². The molecule has 0 spiro atoms. The molecule has 1 heterocycles. The first-order valence-corrected chi connectivity index (χ1v) is 10.5. The lowest BCUT2D eigenvalue weighted by Crippen LogP contribution is -2.22. The van der Waals surface area contributed by atoms with Crippen molar-refractivity contribution in [2.24, 2.45) is 5.10 Å². The highest BCUT2D eigenvalue weighted by molar-refractivity contribution is 7.92. The molecule has 1 amide bonds. The number of carbonyl (C=O) groups is 1. The molecule has 0 radical (unpaired) electrons. The van der Waals surface area contributed by atoms with Crippen LogP contribution < -0.4 is 15.5 Å². The fourth-order valence-electron chi connectivity index (χ4n) is 2.25. The first-order chi connectivity index (χ1) is 15.3. The maximum atomic E-state index is 13.2. The molecule has 2 aromatic carbocycles. The van der Waals surface area contributed by atoms with E-state index in [4.69, 9.17) is 11.6 Å². The predicted octanol–water partition coefficient (Wildman–Crippen LogP) is 3.00. The third kappa shape index (κ3) is 5.75. The number of nitriles is 1. The van der Waals surface area contributed by atoms with Crippen LogP contribution in [0.4, 0.5) is 21.7 Å². The Bertz CT molecular complexity index is 1310. The van der Waals surface area contributed by atoms with Crippen LogP contribution >= 0.6 is 11.6 Å². The van der Waals surface area contributed by atoms with Crippen molar-refractivity contribution < 1.29 is 17.6 Å².